The molecule has 20 heavy (non-hydrogen) atoms. The highest BCUT2D eigenvalue weighted by Crippen LogP contribution is 2.44. The first kappa shape index (κ1) is 16.6. The summed E-state index contributed by atoms with van der Waals surface area (Å²) in [7, 11) is 0. The van der Waals surface area contributed by atoms with Crippen molar-refractivity contribution in [3.8, 4) is 0 Å². The van der Waals surface area contributed by atoms with Crippen molar-refractivity contribution in [3.63, 3.8) is 0 Å². The first-order valence-electron chi connectivity index (χ1n) is 7.29. The topological polar surface area (TPSA) is 49.4 Å². The normalized spacial score (nSPS) is 22.4. The molecule has 0 radical (unpaired) electrons. The number of aryl methyl sites for hydroxylation is 2. The second-order valence-corrected chi connectivity index (χ2v) is 9.55. The van der Waals surface area contributed by atoms with Crippen molar-refractivity contribution in [2.24, 2.45) is 0 Å². The fraction of sp³-hybridized carbons (Fsp3) is 0.714. The van der Waals surface area contributed by atoms with Crippen LogP contribution in [0.15, 0.2) is 9.79 Å². The first-order chi connectivity index (χ1) is 9.57. The van der Waals surface area contributed by atoms with E-state index in [1.165, 1.54) is 25.7 Å². The van der Waals surface area contributed by atoms with Crippen LogP contribution < -0.4 is 0 Å². The summed E-state index contributed by atoms with van der Waals surface area (Å²) in [5.41, 5.74) is 0. The van der Waals surface area contributed by atoms with E-state index in [2.05, 4.69) is 6.92 Å². The van der Waals surface area contributed by atoms with E-state index in [1.807, 2.05) is 13.8 Å². The summed E-state index contributed by atoms with van der Waals surface area (Å²) in [4.78, 5) is 3.73. The maximum atomic E-state index is 12.5. The third kappa shape index (κ3) is 3.36. The van der Waals surface area contributed by atoms with Gasteiger partial charge in [-0.1, -0.05) is 39.0 Å². The zero-order valence-corrected chi connectivity index (χ0v) is 14.9. The minimum Gasteiger partial charge on any atom is -0.589 e. The van der Waals surface area contributed by atoms with Gasteiger partial charge in [-0.2, -0.15) is 0 Å². The molecule has 0 amide bonds. The van der Waals surface area contributed by atoms with Gasteiger partial charge in [0.15, 0.2) is 0 Å². The van der Waals surface area contributed by atoms with E-state index in [-0.39, 0.29) is 0 Å². The average molecular weight is 334 g/mol. The van der Waals surface area contributed by atoms with Crippen LogP contribution in [0.2, 0.25) is 0 Å². The van der Waals surface area contributed by atoms with Crippen molar-refractivity contribution >= 4 is 34.1 Å². The lowest BCUT2D eigenvalue weighted by Crippen LogP contribution is -2.31. The van der Waals surface area contributed by atoms with E-state index in [0.29, 0.717) is 6.54 Å². The van der Waals surface area contributed by atoms with E-state index in [0.717, 1.165) is 32.4 Å². The van der Waals surface area contributed by atoms with Gasteiger partial charge in [0.25, 0.3) is 0 Å². The molecule has 0 saturated carbocycles. The molecule has 2 heterocycles. The molecule has 114 valence electrons. The molecule has 3 nitrogen and oxygen atoms in total. The quantitative estimate of drug-likeness (QED) is 0.558. The van der Waals surface area contributed by atoms with Gasteiger partial charge < -0.3 is 9.11 Å². The Kier molecular flexibility index (Phi) is 6.25. The van der Waals surface area contributed by atoms with E-state index < -0.39 is 22.7 Å². The van der Waals surface area contributed by atoms with Crippen molar-refractivity contribution in [1.82, 2.24) is 3.71 Å². The summed E-state index contributed by atoms with van der Waals surface area (Å²) < 4.78 is 26.6. The summed E-state index contributed by atoms with van der Waals surface area (Å²) in [6.07, 6.45) is 7.15. The number of nitrogens with zero attached hydrogens (tertiary/aromatic N) is 1. The third-order valence-corrected chi connectivity index (χ3v) is 8.61. The summed E-state index contributed by atoms with van der Waals surface area (Å²) in [6.45, 7) is 6.82. The van der Waals surface area contributed by atoms with Gasteiger partial charge in [-0.15, -0.1) is 11.3 Å². The smallest absolute Gasteiger partial charge is 0.249 e. The van der Waals surface area contributed by atoms with E-state index >= 15 is 0 Å². The molecular weight excluding hydrogens is 310 g/mol. The Bertz CT molecular complexity index is 419. The molecule has 2 atom stereocenters. The standard InChI is InChI=1S/C14H23NO2S3/c1-4-5-6-7-8-9-10-15-19(16)13-11(2)18-12(3)14(13)20(15)17/h4-10H2,1-3H3. The largest absolute Gasteiger partial charge is 0.589 e. The van der Waals surface area contributed by atoms with Gasteiger partial charge in [-0.3, -0.25) is 0 Å². The molecular formula is C14H23NO2S3. The number of hydrogen-bond acceptors (Lipinski definition) is 4. The molecule has 0 bridgehead atoms. The molecule has 6 heteroatoms. The number of fused-ring (bicyclic) bond motifs is 1. The molecule has 0 aliphatic carbocycles. The molecule has 0 fully saturated rings. The molecule has 2 unspecified atom stereocenters. The first-order valence-corrected chi connectivity index (χ1v) is 10.3. The van der Waals surface area contributed by atoms with Crippen LogP contribution >= 0.6 is 11.3 Å². The SMILES string of the molecule is CCCCCCCCN1[S+]([O-])c2c(C)sc(C)c2[S+]1[O-]. The van der Waals surface area contributed by atoms with Crippen LogP contribution in [0.3, 0.4) is 0 Å². The van der Waals surface area contributed by atoms with Crippen molar-refractivity contribution < 1.29 is 9.11 Å². The van der Waals surface area contributed by atoms with Crippen molar-refractivity contribution in [2.75, 3.05) is 6.54 Å². The molecule has 1 aliphatic heterocycles. The zero-order valence-electron chi connectivity index (χ0n) is 12.4. The number of rotatable bonds is 7. The molecule has 1 aromatic rings. The minimum absolute atomic E-state index is 0.670. The van der Waals surface area contributed by atoms with Gasteiger partial charge in [0, 0.05) is 0 Å². The van der Waals surface area contributed by atoms with Gasteiger partial charge in [0.2, 0.25) is 9.79 Å². The van der Waals surface area contributed by atoms with Crippen molar-refractivity contribution in [2.45, 2.75) is 69.1 Å². The summed E-state index contributed by atoms with van der Waals surface area (Å²) in [5.74, 6) is 0. The summed E-state index contributed by atoms with van der Waals surface area (Å²) in [6, 6.07) is 0. The van der Waals surface area contributed by atoms with E-state index in [1.54, 1.807) is 15.0 Å². The van der Waals surface area contributed by atoms with Crippen LogP contribution in [0.25, 0.3) is 0 Å². The van der Waals surface area contributed by atoms with Crippen LogP contribution in [-0.2, 0) is 22.7 Å². The Morgan fingerprint density at radius 1 is 0.900 bits per heavy atom. The molecule has 1 aromatic heterocycles. The van der Waals surface area contributed by atoms with Crippen LogP contribution in [0.5, 0.6) is 0 Å². The minimum atomic E-state index is -1.22. The Morgan fingerprint density at radius 2 is 1.40 bits per heavy atom. The Labute approximate surface area is 132 Å². The second-order valence-electron chi connectivity index (χ2n) is 5.20. The third-order valence-electron chi connectivity index (χ3n) is 3.57. The van der Waals surface area contributed by atoms with Gasteiger partial charge >= 0.3 is 0 Å². The lowest BCUT2D eigenvalue weighted by Gasteiger charge is -2.16. The predicted molar refractivity (Wildman–Crippen MR) is 86.7 cm³/mol. The fourth-order valence-electron chi connectivity index (χ4n) is 2.50. The number of unbranched alkanes of at least 4 members (excludes halogenated alkanes) is 5. The van der Waals surface area contributed by atoms with Crippen molar-refractivity contribution in [3.05, 3.63) is 9.75 Å². The van der Waals surface area contributed by atoms with Gasteiger partial charge in [0.05, 0.1) is 20.0 Å². The number of thiophene rings is 1. The molecule has 1 aliphatic rings. The Hall–Kier alpha value is 0.280. The van der Waals surface area contributed by atoms with Crippen LogP contribution in [0.1, 0.15) is 55.2 Å². The van der Waals surface area contributed by atoms with Crippen molar-refractivity contribution in [1.29, 1.82) is 0 Å². The van der Waals surface area contributed by atoms with E-state index in [9.17, 15) is 9.11 Å². The Balaban J connectivity index is 1.87. The monoisotopic (exact) mass is 333 g/mol. The summed E-state index contributed by atoms with van der Waals surface area (Å²) in [5, 5.41) is 0. The maximum absolute atomic E-state index is 12.5. The Morgan fingerprint density at radius 3 is 1.95 bits per heavy atom. The molecule has 2 rings (SSSR count). The lowest BCUT2D eigenvalue weighted by molar-refractivity contribution is 0.488. The van der Waals surface area contributed by atoms with Gasteiger partial charge in [0.1, 0.15) is 22.7 Å². The van der Waals surface area contributed by atoms with Crippen LogP contribution in [-0.4, -0.2) is 19.4 Å². The fourth-order valence-corrected chi connectivity index (χ4v) is 7.63. The van der Waals surface area contributed by atoms with Gasteiger partial charge in [-0.05, 0) is 20.3 Å². The predicted octanol–water partition coefficient (Wildman–Crippen LogP) is 4.09. The highest BCUT2D eigenvalue weighted by molar-refractivity contribution is 8.07. The van der Waals surface area contributed by atoms with E-state index in [4.69, 9.17) is 0 Å². The number of hydrogen-bond donors (Lipinski definition) is 0. The maximum Gasteiger partial charge on any atom is 0.249 e. The van der Waals surface area contributed by atoms with Gasteiger partial charge in [-0.25, -0.2) is 0 Å². The zero-order chi connectivity index (χ0) is 14.7. The van der Waals surface area contributed by atoms with Crippen LogP contribution in [0, 0.1) is 13.8 Å². The average Bonchev–Trinajstić information content (AvgIpc) is 2.84. The molecule has 0 spiro atoms. The molecule has 0 saturated heterocycles. The lowest BCUT2D eigenvalue weighted by atomic mass is 10.1. The second kappa shape index (κ2) is 7.51. The molecule has 0 N–H and O–H groups in total. The molecule has 0 aromatic carbocycles. The van der Waals surface area contributed by atoms with Crippen LogP contribution in [0.4, 0.5) is 0 Å². The summed E-state index contributed by atoms with van der Waals surface area (Å²) >= 11 is -0.837. The highest BCUT2D eigenvalue weighted by Gasteiger charge is 2.51. The highest BCUT2D eigenvalue weighted by atomic mass is 32.3.